The van der Waals surface area contributed by atoms with E-state index in [1.807, 2.05) is 0 Å². The zero-order valence-corrected chi connectivity index (χ0v) is 11.2. The van der Waals surface area contributed by atoms with Gasteiger partial charge in [0, 0.05) is 27.2 Å². The summed E-state index contributed by atoms with van der Waals surface area (Å²) < 4.78 is 0. The Morgan fingerprint density at radius 1 is 0.944 bits per heavy atom. The number of rotatable bonds is 4. The molecule has 104 valence electrons. The Kier molecular flexibility index (Phi) is 6.32. The highest BCUT2D eigenvalue weighted by Gasteiger charge is 2.22. The molecule has 1 rings (SSSR count). The van der Waals surface area contributed by atoms with Crippen molar-refractivity contribution in [3.8, 4) is 0 Å². The summed E-state index contributed by atoms with van der Waals surface area (Å²) in [5, 5.41) is 10.8. The molecule has 1 aliphatic carbocycles. The number of carbonyl (C=O) groups excluding carboxylic acids is 2. The van der Waals surface area contributed by atoms with Gasteiger partial charge < -0.3 is 21.3 Å². The second-order valence-corrected chi connectivity index (χ2v) is 4.82. The number of hydrogen-bond acceptors (Lipinski definition) is 2. The van der Waals surface area contributed by atoms with Gasteiger partial charge in [-0.05, 0) is 31.1 Å². The number of amides is 4. The fraction of sp³-hybridized carbons (Fsp3) is 0.833. The molecule has 6 nitrogen and oxygen atoms in total. The molecule has 0 aromatic rings. The maximum atomic E-state index is 11.1. The minimum Gasteiger partial charge on any atom is -0.341 e. The molecule has 6 heteroatoms. The first-order valence-electron chi connectivity index (χ1n) is 6.56. The summed E-state index contributed by atoms with van der Waals surface area (Å²) in [7, 11) is 3.23. The van der Waals surface area contributed by atoms with Gasteiger partial charge in [0.05, 0.1) is 0 Å². The molecule has 4 amide bonds. The molecule has 0 heterocycles. The highest BCUT2D eigenvalue weighted by molar-refractivity contribution is 5.73. The van der Waals surface area contributed by atoms with Crippen LogP contribution in [0.1, 0.15) is 25.7 Å². The zero-order chi connectivity index (χ0) is 13.4. The molecule has 1 saturated carbocycles. The van der Waals surface area contributed by atoms with Crippen molar-refractivity contribution in [2.24, 2.45) is 11.8 Å². The minimum absolute atomic E-state index is 0.124. The van der Waals surface area contributed by atoms with Gasteiger partial charge in [-0.1, -0.05) is 6.42 Å². The van der Waals surface area contributed by atoms with E-state index in [9.17, 15) is 9.59 Å². The van der Waals surface area contributed by atoms with Crippen LogP contribution in [0.5, 0.6) is 0 Å². The molecule has 0 saturated heterocycles. The first kappa shape index (κ1) is 14.6. The smallest absolute Gasteiger partial charge is 0.314 e. The van der Waals surface area contributed by atoms with Crippen LogP contribution in [0.3, 0.4) is 0 Å². The van der Waals surface area contributed by atoms with Gasteiger partial charge in [0.25, 0.3) is 0 Å². The van der Waals surface area contributed by atoms with Gasteiger partial charge in [0.15, 0.2) is 0 Å². The van der Waals surface area contributed by atoms with Gasteiger partial charge in [-0.2, -0.15) is 0 Å². The maximum Gasteiger partial charge on any atom is 0.314 e. The van der Waals surface area contributed by atoms with Crippen LogP contribution in [0.4, 0.5) is 9.59 Å². The van der Waals surface area contributed by atoms with E-state index in [-0.39, 0.29) is 12.1 Å². The fourth-order valence-corrected chi connectivity index (χ4v) is 2.42. The topological polar surface area (TPSA) is 82.3 Å². The number of hydrogen-bond donors (Lipinski definition) is 4. The molecule has 0 bridgehead atoms. The molecule has 18 heavy (non-hydrogen) atoms. The Morgan fingerprint density at radius 3 is 1.78 bits per heavy atom. The molecule has 0 radical (unpaired) electrons. The predicted molar refractivity (Wildman–Crippen MR) is 70.4 cm³/mol. The highest BCUT2D eigenvalue weighted by atomic mass is 16.2. The Balaban J connectivity index is 2.23. The zero-order valence-electron chi connectivity index (χ0n) is 11.2. The van der Waals surface area contributed by atoms with Crippen molar-refractivity contribution in [2.45, 2.75) is 25.7 Å². The SMILES string of the molecule is CNC(=O)NC[C@H]1CCC[C@@H](CNC(=O)NC)C1. The third kappa shape index (κ3) is 5.25. The third-order valence-corrected chi connectivity index (χ3v) is 3.45. The Bertz CT molecular complexity index is 257. The Morgan fingerprint density at radius 2 is 1.39 bits per heavy atom. The number of urea groups is 2. The van der Waals surface area contributed by atoms with E-state index >= 15 is 0 Å². The maximum absolute atomic E-state index is 11.1. The summed E-state index contributed by atoms with van der Waals surface area (Å²) in [5.41, 5.74) is 0. The average Bonchev–Trinajstić information content (AvgIpc) is 2.42. The normalized spacial score (nSPS) is 23.0. The van der Waals surface area contributed by atoms with Crippen LogP contribution < -0.4 is 21.3 Å². The summed E-state index contributed by atoms with van der Waals surface area (Å²) >= 11 is 0. The number of nitrogens with one attached hydrogen (secondary N) is 4. The van der Waals surface area contributed by atoms with Crippen LogP contribution in [-0.2, 0) is 0 Å². The second kappa shape index (κ2) is 7.79. The highest BCUT2D eigenvalue weighted by Crippen LogP contribution is 2.28. The molecule has 0 aromatic heterocycles. The monoisotopic (exact) mass is 256 g/mol. The van der Waals surface area contributed by atoms with Gasteiger partial charge in [0.1, 0.15) is 0 Å². The quantitative estimate of drug-likeness (QED) is 0.595. The largest absolute Gasteiger partial charge is 0.341 e. The van der Waals surface area contributed by atoms with E-state index in [2.05, 4.69) is 21.3 Å². The summed E-state index contributed by atoms with van der Waals surface area (Å²) in [6, 6.07) is -0.249. The van der Waals surface area contributed by atoms with E-state index in [4.69, 9.17) is 0 Å². The number of carbonyl (C=O) groups is 2. The first-order valence-corrected chi connectivity index (χ1v) is 6.56. The van der Waals surface area contributed by atoms with Crippen LogP contribution in [-0.4, -0.2) is 39.2 Å². The molecular formula is C12H24N4O2. The van der Waals surface area contributed by atoms with Crippen LogP contribution in [0, 0.1) is 11.8 Å². The molecule has 0 spiro atoms. The summed E-state index contributed by atoms with van der Waals surface area (Å²) in [4.78, 5) is 22.2. The standard InChI is InChI=1S/C12H24N4O2/c1-13-11(17)15-7-9-4-3-5-10(6-9)8-16-12(18)14-2/h9-10H,3-8H2,1-2H3,(H2,13,15,17)(H2,14,16,18)/t9-,10+. The van der Waals surface area contributed by atoms with Gasteiger partial charge in [-0.3, -0.25) is 0 Å². The predicted octanol–water partition coefficient (Wildman–Crippen LogP) is 0.651. The van der Waals surface area contributed by atoms with Crippen molar-refractivity contribution in [3.05, 3.63) is 0 Å². The van der Waals surface area contributed by atoms with E-state index in [0.29, 0.717) is 11.8 Å². The minimum atomic E-state index is -0.124. The van der Waals surface area contributed by atoms with Crippen molar-refractivity contribution in [3.63, 3.8) is 0 Å². The van der Waals surface area contributed by atoms with Crippen molar-refractivity contribution >= 4 is 12.1 Å². The molecule has 0 unspecified atom stereocenters. The fourth-order valence-electron chi connectivity index (χ4n) is 2.42. The Hall–Kier alpha value is -1.46. The molecule has 1 fully saturated rings. The molecule has 1 aliphatic rings. The summed E-state index contributed by atoms with van der Waals surface area (Å²) in [6.45, 7) is 1.44. The van der Waals surface area contributed by atoms with Crippen molar-refractivity contribution in [1.29, 1.82) is 0 Å². The lowest BCUT2D eigenvalue weighted by Crippen LogP contribution is -2.40. The molecule has 0 aliphatic heterocycles. The molecular weight excluding hydrogens is 232 g/mol. The molecule has 2 atom stereocenters. The third-order valence-electron chi connectivity index (χ3n) is 3.45. The van der Waals surface area contributed by atoms with Crippen molar-refractivity contribution in [1.82, 2.24) is 21.3 Å². The van der Waals surface area contributed by atoms with Crippen LogP contribution in [0.15, 0.2) is 0 Å². The van der Waals surface area contributed by atoms with E-state index < -0.39 is 0 Å². The summed E-state index contributed by atoms with van der Waals surface area (Å²) in [6.07, 6.45) is 4.54. The lowest BCUT2D eigenvalue weighted by Gasteiger charge is -2.29. The van der Waals surface area contributed by atoms with E-state index in [1.54, 1.807) is 14.1 Å². The van der Waals surface area contributed by atoms with Crippen molar-refractivity contribution in [2.75, 3.05) is 27.2 Å². The van der Waals surface area contributed by atoms with Gasteiger partial charge in [-0.15, -0.1) is 0 Å². The molecule has 0 aromatic carbocycles. The van der Waals surface area contributed by atoms with Crippen LogP contribution >= 0.6 is 0 Å². The lowest BCUT2D eigenvalue weighted by atomic mass is 9.81. The Labute approximate surface area is 108 Å². The average molecular weight is 256 g/mol. The second-order valence-electron chi connectivity index (χ2n) is 4.82. The van der Waals surface area contributed by atoms with Gasteiger partial charge >= 0.3 is 12.1 Å². The molecule has 4 N–H and O–H groups in total. The van der Waals surface area contributed by atoms with E-state index in [0.717, 1.165) is 32.4 Å². The lowest BCUT2D eigenvalue weighted by molar-refractivity contribution is 0.223. The first-order chi connectivity index (χ1) is 8.65. The van der Waals surface area contributed by atoms with E-state index in [1.165, 1.54) is 6.42 Å². The van der Waals surface area contributed by atoms with Crippen LogP contribution in [0.2, 0.25) is 0 Å². The summed E-state index contributed by atoms with van der Waals surface area (Å²) in [5.74, 6) is 1.04. The van der Waals surface area contributed by atoms with Crippen molar-refractivity contribution < 1.29 is 9.59 Å². The van der Waals surface area contributed by atoms with Gasteiger partial charge in [0.2, 0.25) is 0 Å². The van der Waals surface area contributed by atoms with Gasteiger partial charge in [-0.25, -0.2) is 9.59 Å². The van der Waals surface area contributed by atoms with Crippen LogP contribution in [0.25, 0.3) is 0 Å².